The van der Waals surface area contributed by atoms with Crippen LogP contribution in [0.3, 0.4) is 0 Å². The average Bonchev–Trinajstić information content (AvgIpc) is 2.53. The fraction of sp³-hybridized carbons (Fsp3) is 0.632. The van der Waals surface area contributed by atoms with Crippen LogP contribution in [0, 0.1) is 0 Å². The molecule has 0 unspecified atom stereocenters. The second-order valence-corrected chi connectivity index (χ2v) is 7.80. The lowest BCUT2D eigenvalue weighted by Gasteiger charge is -2.42. The molecule has 0 saturated carbocycles. The predicted octanol–water partition coefficient (Wildman–Crippen LogP) is 2.30. The van der Waals surface area contributed by atoms with E-state index < -0.39 is 5.60 Å². The molecule has 24 heavy (non-hydrogen) atoms. The van der Waals surface area contributed by atoms with Gasteiger partial charge in [-0.1, -0.05) is 24.3 Å². The summed E-state index contributed by atoms with van der Waals surface area (Å²) in [5.74, 6) is 0. The van der Waals surface area contributed by atoms with Gasteiger partial charge in [0.15, 0.2) is 0 Å². The summed E-state index contributed by atoms with van der Waals surface area (Å²) in [5, 5.41) is 6.58. The number of piperidine rings is 1. The molecule has 0 aliphatic carbocycles. The fourth-order valence-electron chi connectivity index (χ4n) is 3.65. The SMILES string of the molecule is CC(C)(C)OC(=O)N[C@@H]1CCNC[C@H]1N1CCc2ccccc2C1. The number of amides is 1. The number of benzene rings is 1. The summed E-state index contributed by atoms with van der Waals surface area (Å²) in [6.45, 7) is 9.52. The number of alkyl carbamates (subject to hydrolysis) is 1. The zero-order valence-electron chi connectivity index (χ0n) is 15.0. The molecule has 1 saturated heterocycles. The zero-order valence-corrected chi connectivity index (χ0v) is 15.0. The molecule has 2 aliphatic heterocycles. The van der Waals surface area contributed by atoms with Gasteiger partial charge in [0.25, 0.3) is 0 Å². The molecule has 2 atom stereocenters. The second kappa shape index (κ2) is 7.11. The van der Waals surface area contributed by atoms with Gasteiger partial charge in [0.1, 0.15) is 5.60 Å². The van der Waals surface area contributed by atoms with Crippen molar-refractivity contribution in [1.82, 2.24) is 15.5 Å². The van der Waals surface area contributed by atoms with Gasteiger partial charge in [-0.05, 0) is 51.3 Å². The standard InChI is InChI=1S/C19H29N3O2/c1-19(2,3)24-18(23)21-16-8-10-20-12-17(16)22-11-9-14-6-4-5-7-15(14)13-22/h4-7,16-17,20H,8-13H2,1-3H3,(H,21,23)/t16-,17-/m1/s1. The molecule has 1 fully saturated rings. The molecule has 0 radical (unpaired) electrons. The molecule has 1 amide bonds. The first-order valence-corrected chi connectivity index (χ1v) is 8.93. The van der Waals surface area contributed by atoms with Crippen LogP contribution in [-0.4, -0.2) is 48.3 Å². The molecule has 5 heteroatoms. The number of carbonyl (C=O) groups excluding carboxylic acids is 1. The van der Waals surface area contributed by atoms with Crippen LogP contribution in [0.2, 0.25) is 0 Å². The van der Waals surface area contributed by atoms with Gasteiger partial charge in [-0.25, -0.2) is 4.79 Å². The normalized spacial score (nSPS) is 25.0. The third-order valence-corrected chi connectivity index (χ3v) is 4.78. The van der Waals surface area contributed by atoms with Crippen LogP contribution in [0.5, 0.6) is 0 Å². The first-order valence-electron chi connectivity index (χ1n) is 8.93. The molecule has 3 rings (SSSR count). The Bertz CT molecular complexity index is 582. The van der Waals surface area contributed by atoms with E-state index in [0.717, 1.165) is 39.0 Å². The Labute approximate surface area is 144 Å². The Morgan fingerprint density at radius 3 is 2.79 bits per heavy atom. The Kier molecular flexibility index (Phi) is 5.11. The number of hydrogen-bond donors (Lipinski definition) is 2. The van der Waals surface area contributed by atoms with E-state index in [1.54, 1.807) is 0 Å². The number of nitrogens with one attached hydrogen (secondary N) is 2. The molecule has 132 valence electrons. The fourth-order valence-corrected chi connectivity index (χ4v) is 3.65. The Morgan fingerprint density at radius 1 is 1.29 bits per heavy atom. The van der Waals surface area contributed by atoms with Gasteiger partial charge in [-0.15, -0.1) is 0 Å². The third-order valence-electron chi connectivity index (χ3n) is 4.78. The maximum Gasteiger partial charge on any atom is 0.407 e. The quantitative estimate of drug-likeness (QED) is 0.873. The molecule has 5 nitrogen and oxygen atoms in total. The van der Waals surface area contributed by atoms with E-state index in [2.05, 4.69) is 39.8 Å². The van der Waals surface area contributed by atoms with E-state index in [-0.39, 0.29) is 12.1 Å². The maximum absolute atomic E-state index is 12.2. The van der Waals surface area contributed by atoms with E-state index in [1.807, 2.05) is 20.8 Å². The molecule has 2 N–H and O–H groups in total. The van der Waals surface area contributed by atoms with Crippen molar-refractivity contribution in [2.45, 2.75) is 57.8 Å². The van der Waals surface area contributed by atoms with Crippen molar-refractivity contribution in [2.24, 2.45) is 0 Å². The van der Waals surface area contributed by atoms with Gasteiger partial charge < -0.3 is 15.4 Å². The lowest BCUT2D eigenvalue weighted by atomic mass is 9.94. The summed E-state index contributed by atoms with van der Waals surface area (Å²) in [7, 11) is 0. The van der Waals surface area contributed by atoms with Crippen molar-refractivity contribution in [3.8, 4) is 0 Å². The number of rotatable bonds is 2. The summed E-state index contributed by atoms with van der Waals surface area (Å²) in [6.07, 6.45) is 1.70. The molecule has 2 aliphatic rings. The minimum absolute atomic E-state index is 0.131. The monoisotopic (exact) mass is 331 g/mol. The predicted molar refractivity (Wildman–Crippen MR) is 95.0 cm³/mol. The lowest BCUT2D eigenvalue weighted by molar-refractivity contribution is 0.0425. The molecule has 2 heterocycles. The van der Waals surface area contributed by atoms with E-state index in [4.69, 9.17) is 4.74 Å². The number of fused-ring (bicyclic) bond motifs is 1. The highest BCUT2D eigenvalue weighted by Crippen LogP contribution is 2.23. The first-order chi connectivity index (χ1) is 11.4. The molecule has 0 spiro atoms. The summed E-state index contributed by atoms with van der Waals surface area (Å²) in [6, 6.07) is 9.10. The Hall–Kier alpha value is -1.59. The Morgan fingerprint density at radius 2 is 2.04 bits per heavy atom. The molecule has 0 aromatic heterocycles. The van der Waals surface area contributed by atoms with Crippen LogP contribution in [-0.2, 0) is 17.7 Å². The summed E-state index contributed by atoms with van der Waals surface area (Å²) in [4.78, 5) is 14.7. The molecule has 1 aromatic carbocycles. The molecular weight excluding hydrogens is 302 g/mol. The highest BCUT2D eigenvalue weighted by molar-refractivity contribution is 5.68. The maximum atomic E-state index is 12.2. The second-order valence-electron chi connectivity index (χ2n) is 7.80. The molecular formula is C19H29N3O2. The highest BCUT2D eigenvalue weighted by atomic mass is 16.6. The summed E-state index contributed by atoms with van der Waals surface area (Å²) >= 11 is 0. The van der Waals surface area contributed by atoms with Gasteiger partial charge in [0.2, 0.25) is 0 Å². The van der Waals surface area contributed by atoms with E-state index >= 15 is 0 Å². The van der Waals surface area contributed by atoms with Crippen LogP contribution < -0.4 is 10.6 Å². The van der Waals surface area contributed by atoms with Gasteiger partial charge in [-0.2, -0.15) is 0 Å². The van der Waals surface area contributed by atoms with E-state index in [1.165, 1.54) is 11.1 Å². The Balaban J connectivity index is 1.66. The van der Waals surface area contributed by atoms with E-state index in [0.29, 0.717) is 6.04 Å². The minimum Gasteiger partial charge on any atom is -0.444 e. The smallest absolute Gasteiger partial charge is 0.407 e. The van der Waals surface area contributed by atoms with Gasteiger partial charge in [0.05, 0.1) is 6.04 Å². The van der Waals surface area contributed by atoms with Crippen molar-refractivity contribution in [3.05, 3.63) is 35.4 Å². The van der Waals surface area contributed by atoms with Gasteiger partial charge >= 0.3 is 6.09 Å². The minimum atomic E-state index is -0.462. The van der Waals surface area contributed by atoms with Crippen LogP contribution in [0.4, 0.5) is 4.79 Å². The van der Waals surface area contributed by atoms with Crippen LogP contribution in [0.15, 0.2) is 24.3 Å². The average molecular weight is 331 g/mol. The number of hydrogen-bond acceptors (Lipinski definition) is 4. The number of ether oxygens (including phenoxy) is 1. The van der Waals surface area contributed by atoms with Crippen LogP contribution in [0.25, 0.3) is 0 Å². The largest absolute Gasteiger partial charge is 0.444 e. The topological polar surface area (TPSA) is 53.6 Å². The van der Waals surface area contributed by atoms with Crippen molar-refractivity contribution in [2.75, 3.05) is 19.6 Å². The van der Waals surface area contributed by atoms with E-state index in [9.17, 15) is 4.79 Å². The number of nitrogens with zero attached hydrogens (tertiary/aromatic N) is 1. The highest BCUT2D eigenvalue weighted by Gasteiger charge is 2.33. The molecule has 0 bridgehead atoms. The zero-order chi connectivity index (χ0) is 17.2. The molecule has 1 aromatic rings. The summed E-state index contributed by atoms with van der Waals surface area (Å²) in [5.41, 5.74) is 2.40. The van der Waals surface area contributed by atoms with Crippen molar-refractivity contribution < 1.29 is 9.53 Å². The van der Waals surface area contributed by atoms with Crippen LogP contribution >= 0.6 is 0 Å². The third kappa shape index (κ3) is 4.28. The number of carbonyl (C=O) groups is 1. The van der Waals surface area contributed by atoms with Crippen molar-refractivity contribution in [3.63, 3.8) is 0 Å². The van der Waals surface area contributed by atoms with Crippen molar-refractivity contribution in [1.29, 1.82) is 0 Å². The first kappa shape index (κ1) is 17.2. The summed E-state index contributed by atoms with van der Waals surface area (Å²) < 4.78 is 5.44. The van der Waals surface area contributed by atoms with Crippen molar-refractivity contribution >= 4 is 6.09 Å². The lowest BCUT2D eigenvalue weighted by Crippen LogP contribution is -2.60. The van der Waals surface area contributed by atoms with Crippen LogP contribution in [0.1, 0.15) is 38.3 Å². The van der Waals surface area contributed by atoms with Gasteiger partial charge in [-0.3, -0.25) is 4.90 Å². The van der Waals surface area contributed by atoms with Gasteiger partial charge in [0, 0.05) is 25.7 Å².